The summed E-state index contributed by atoms with van der Waals surface area (Å²) in [4.78, 5) is 40.2. The molecule has 2 amide bonds. The predicted molar refractivity (Wildman–Crippen MR) is 98.5 cm³/mol. The lowest BCUT2D eigenvalue weighted by molar-refractivity contribution is 0.0942. The van der Waals surface area contributed by atoms with Gasteiger partial charge >= 0.3 is 0 Å². The van der Waals surface area contributed by atoms with Gasteiger partial charge in [-0.15, -0.1) is 0 Å². The Morgan fingerprint density at radius 3 is 2.41 bits per heavy atom. The maximum Gasteiger partial charge on any atom is 0.274 e. The van der Waals surface area contributed by atoms with Crippen molar-refractivity contribution in [1.29, 1.82) is 0 Å². The van der Waals surface area contributed by atoms with Crippen LogP contribution in [0.1, 0.15) is 44.0 Å². The average Bonchev–Trinajstić information content (AvgIpc) is 3.20. The van der Waals surface area contributed by atoms with Crippen molar-refractivity contribution < 1.29 is 18.8 Å². The van der Waals surface area contributed by atoms with Crippen LogP contribution in [0.25, 0.3) is 0 Å². The smallest absolute Gasteiger partial charge is 0.274 e. The summed E-state index contributed by atoms with van der Waals surface area (Å²) >= 11 is 0. The number of rotatable bonds is 6. The predicted octanol–water partition coefficient (Wildman–Crippen LogP) is 3.06. The molecule has 0 bridgehead atoms. The molecule has 0 aliphatic heterocycles. The van der Waals surface area contributed by atoms with Crippen LogP contribution >= 0.6 is 0 Å². The lowest BCUT2D eigenvalue weighted by Crippen LogP contribution is -2.24. The number of pyridine rings is 1. The Balaban J connectivity index is 1.69. The molecule has 2 aromatic heterocycles. The Morgan fingerprint density at radius 1 is 0.963 bits per heavy atom. The summed E-state index contributed by atoms with van der Waals surface area (Å²) in [5.74, 6) is -0.377. The molecule has 0 saturated carbocycles. The number of carbonyl (C=O) groups is 3. The molecular formula is C20H17N3O4. The summed E-state index contributed by atoms with van der Waals surface area (Å²) in [5.41, 5.74) is 1.18. The van der Waals surface area contributed by atoms with E-state index in [1.807, 2.05) is 0 Å². The first kappa shape index (κ1) is 18.1. The van der Waals surface area contributed by atoms with Gasteiger partial charge in [0.25, 0.3) is 11.8 Å². The second-order valence-corrected chi connectivity index (χ2v) is 5.76. The Morgan fingerprint density at radius 2 is 1.70 bits per heavy atom. The summed E-state index contributed by atoms with van der Waals surface area (Å²) in [6, 6.07) is 14.7. The van der Waals surface area contributed by atoms with Crippen LogP contribution in [-0.4, -0.2) is 22.6 Å². The van der Waals surface area contributed by atoms with Gasteiger partial charge in [0.2, 0.25) is 0 Å². The third-order valence-corrected chi connectivity index (χ3v) is 3.74. The van der Waals surface area contributed by atoms with Gasteiger partial charge in [0.1, 0.15) is 17.1 Å². The molecule has 7 heteroatoms. The second-order valence-electron chi connectivity index (χ2n) is 5.76. The molecule has 0 saturated heterocycles. The summed E-state index contributed by atoms with van der Waals surface area (Å²) in [6.45, 7) is 1.68. The highest BCUT2D eigenvalue weighted by Gasteiger charge is 2.13. The molecule has 3 aromatic rings. The monoisotopic (exact) mass is 363 g/mol. The standard InChI is InChI=1S/C20H17N3O4/c1-13(24)14-5-2-6-15(11-14)22-20(26)18-9-3-8-17(23-18)19(25)21-12-16-7-4-10-27-16/h2-11H,12H2,1H3,(H,21,25)(H,22,26). The molecule has 7 nitrogen and oxygen atoms in total. The number of benzene rings is 1. The topological polar surface area (TPSA) is 101 Å². The molecule has 27 heavy (non-hydrogen) atoms. The summed E-state index contributed by atoms with van der Waals surface area (Å²) in [5, 5.41) is 5.35. The zero-order valence-corrected chi connectivity index (χ0v) is 14.6. The van der Waals surface area contributed by atoms with Gasteiger partial charge in [0.15, 0.2) is 5.78 Å². The number of nitrogens with one attached hydrogen (secondary N) is 2. The lowest BCUT2D eigenvalue weighted by Gasteiger charge is -2.07. The van der Waals surface area contributed by atoms with Crippen molar-refractivity contribution in [2.45, 2.75) is 13.5 Å². The fraction of sp³-hybridized carbons (Fsp3) is 0.100. The van der Waals surface area contributed by atoms with Crippen LogP contribution in [0.5, 0.6) is 0 Å². The van der Waals surface area contributed by atoms with Crippen LogP contribution in [0.15, 0.2) is 65.3 Å². The van der Waals surface area contributed by atoms with Crippen molar-refractivity contribution in [3.05, 3.63) is 83.6 Å². The highest BCUT2D eigenvalue weighted by Crippen LogP contribution is 2.12. The zero-order chi connectivity index (χ0) is 19.2. The molecule has 2 N–H and O–H groups in total. The quantitative estimate of drug-likeness (QED) is 0.656. The molecule has 0 spiro atoms. The molecule has 0 fully saturated rings. The van der Waals surface area contributed by atoms with Crippen LogP contribution in [0.3, 0.4) is 0 Å². The van der Waals surface area contributed by atoms with Crippen molar-refractivity contribution in [2.75, 3.05) is 5.32 Å². The maximum atomic E-state index is 12.4. The molecule has 0 aliphatic rings. The highest BCUT2D eigenvalue weighted by molar-refractivity contribution is 6.04. The number of anilines is 1. The highest BCUT2D eigenvalue weighted by atomic mass is 16.3. The van der Waals surface area contributed by atoms with Gasteiger partial charge in [-0.3, -0.25) is 14.4 Å². The van der Waals surface area contributed by atoms with Crippen LogP contribution in [0.2, 0.25) is 0 Å². The molecule has 0 aliphatic carbocycles. The third-order valence-electron chi connectivity index (χ3n) is 3.74. The lowest BCUT2D eigenvalue weighted by atomic mass is 10.1. The number of aromatic nitrogens is 1. The van der Waals surface area contributed by atoms with E-state index in [4.69, 9.17) is 4.42 Å². The Labute approximate surface area is 155 Å². The number of carbonyl (C=O) groups excluding carboxylic acids is 3. The number of nitrogens with zero attached hydrogens (tertiary/aromatic N) is 1. The first-order valence-electron chi connectivity index (χ1n) is 8.23. The van der Waals surface area contributed by atoms with E-state index < -0.39 is 11.8 Å². The summed E-state index contributed by atoms with van der Waals surface area (Å²) in [7, 11) is 0. The van der Waals surface area contributed by atoms with E-state index in [-0.39, 0.29) is 23.7 Å². The normalized spacial score (nSPS) is 10.3. The molecule has 2 heterocycles. The molecule has 0 radical (unpaired) electrons. The molecular weight excluding hydrogens is 346 g/mol. The van der Waals surface area contributed by atoms with Gasteiger partial charge < -0.3 is 15.1 Å². The van der Waals surface area contributed by atoms with Gasteiger partial charge in [-0.25, -0.2) is 4.98 Å². The maximum absolute atomic E-state index is 12.4. The number of Topliss-reactive ketones (excluding diaryl/α,β-unsaturated/α-hetero) is 1. The first-order valence-corrected chi connectivity index (χ1v) is 8.23. The van der Waals surface area contributed by atoms with Crippen LogP contribution < -0.4 is 10.6 Å². The number of ketones is 1. The van der Waals surface area contributed by atoms with E-state index in [0.29, 0.717) is 17.0 Å². The van der Waals surface area contributed by atoms with Gasteiger partial charge in [0, 0.05) is 11.3 Å². The van der Waals surface area contributed by atoms with E-state index >= 15 is 0 Å². The molecule has 0 unspecified atom stereocenters. The average molecular weight is 363 g/mol. The van der Waals surface area contributed by atoms with E-state index in [9.17, 15) is 14.4 Å². The van der Waals surface area contributed by atoms with Crippen molar-refractivity contribution in [2.24, 2.45) is 0 Å². The van der Waals surface area contributed by atoms with Crippen molar-refractivity contribution in [1.82, 2.24) is 10.3 Å². The minimum Gasteiger partial charge on any atom is -0.467 e. The Hall–Kier alpha value is -3.74. The largest absolute Gasteiger partial charge is 0.467 e. The summed E-state index contributed by atoms with van der Waals surface area (Å²) in [6.07, 6.45) is 1.52. The van der Waals surface area contributed by atoms with Gasteiger partial charge in [-0.2, -0.15) is 0 Å². The number of hydrogen-bond acceptors (Lipinski definition) is 5. The number of hydrogen-bond donors (Lipinski definition) is 2. The van der Waals surface area contributed by atoms with Crippen LogP contribution in [-0.2, 0) is 6.54 Å². The van der Waals surface area contributed by atoms with E-state index in [0.717, 1.165) is 0 Å². The van der Waals surface area contributed by atoms with Gasteiger partial charge in [0.05, 0.1) is 12.8 Å². The Kier molecular flexibility index (Phi) is 5.41. The van der Waals surface area contributed by atoms with Gasteiger partial charge in [-0.1, -0.05) is 18.2 Å². The van der Waals surface area contributed by atoms with Crippen LogP contribution in [0, 0.1) is 0 Å². The number of amides is 2. The third kappa shape index (κ3) is 4.66. The minimum atomic E-state index is -0.476. The van der Waals surface area contributed by atoms with Crippen molar-refractivity contribution in [3.8, 4) is 0 Å². The molecule has 136 valence electrons. The first-order chi connectivity index (χ1) is 13.0. The van der Waals surface area contributed by atoms with E-state index in [1.165, 1.54) is 25.3 Å². The van der Waals surface area contributed by atoms with Crippen molar-refractivity contribution >= 4 is 23.3 Å². The summed E-state index contributed by atoms with van der Waals surface area (Å²) < 4.78 is 5.15. The molecule has 1 aromatic carbocycles. The fourth-order valence-electron chi connectivity index (χ4n) is 2.37. The van der Waals surface area contributed by atoms with E-state index in [1.54, 1.807) is 42.5 Å². The van der Waals surface area contributed by atoms with Gasteiger partial charge in [-0.05, 0) is 43.3 Å². The van der Waals surface area contributed by atoms with Crippen molar-refractivity contribution in [3.63, 3.8) is 0 Å². The minimum absolute atomic E-state index is 0.0916. The Bertz CT molecular complexity index is 980. The molecule has 3 rings (SSSR count). The van der Waals surface area contributed by atoms with Crippen LogP contribution in [0.4, 0.5) is 5.69 Å². The SMILES string of the molecule is CC(=O)c1cccc(NC(=O)c2cccc(C(=O)NCc3ccco3)n2)c1. The zero-order valence-electron chi connectivity index (χ0n) is 14.6. The second kappa shape index (κ2) is 8.09. The number of furan rings is 1. The van der Waals surface area contributed by atoms with E-state index in [2.05, 4.69) is 15.6 Å². The fourth-order valence-corrected chi connectivity index (χ4v) is 2.37. The molecule has 0 atom stereocenters.